The van der Waals surface area contributed by atoms with Crippen molar-refractivity contribution in [3.63, 3.8) is 0 Å². The fraction of sp³-hybridized carbons (Fsp3) is 0.750. The molecule has 1 saturated heterocycles. The Labute approximate surface area is 177 Å². The van der Waals surface area contributed by atoms with Crippen LogP contribution < -0.4 is 5.32 Å². The van der Waals surface area contributed by atoms with Crippen molar-refractivity contribution in [1.29, 1.82) is 0 Å². The second-order valence-corrected chi connectivity index (χ2v) is 7.17. The highest BCUT2D eigenvalue weighted by Gasteiger charge is 2.09. The first-order valence-electron chi connectivity index (χ1n) is 10.0. The van der Waals surface area contributed by atoms with E-state index in [9.17, 15) is 0 Å². The minimum atomic E-state index is 0. The summed E-state index contributed by atoms with van der Waals surface area (Å²) < 4.78 is 2.17. The van der Waals surface area contributed by atoms with E-state index in [1.807, 2.05) is 0 Å². The van der Waals surface area contributed by atoms with Crippen LogP contribution in [0.3, 0.4) is 0 Å². The van der Waals surface area contributed by atoms with Crippen molar-refractivity contribution in [3.8, 4) is 0 Å². The second kappa shape index (κ2) is 13.4. The maximum atomic E-state index is 4.82. The molecule has 0 amide bonds. The van der Waals surface area contributed by atoms with Crippen molar-refractivity contribution < 1.29 is 0 Å². The van der Waals surface area contributed by atoms with Gasteiger partial charge < -0.3 is 19.7 Å². The predicted octanol–water partition coefficient (Wildman–Crippen LogP) is 3.70. The highest BCUT2D eigenvalue weighted by molar-refractivity contribution is 14.0. The van der Waals surface area contributed by atoms with Crippen molar-refractivity contribution in [3.05, 3.63) is 24.0 Å². The monoisotopic (exact) mass is 475 g/mol. The van der Waals surface area contributed by atoms with Gasteiger partial charge in [0.1, 0.15) is 0 Å². The van der Waals surface area contributed by atoms with E-state index < -0.39 is 0 Å². The Balaban J connectivity index is 0.00000338. The number of guanidine groups is 1. The predicted molar refractivity (Wildman–Crippen MR) is 122 cm³/mol. The van der Waals surface area contributed by atoms with Crippen molar-refractivity contribution in [2.75, 3.05) is 39.8 Å². The summed E-state index contributed by atoms with van der Waals surface area (Å²) in [5, 5.41) is 3.42. The summed E-state index contributed by atoms with van der Waals surface area (Å²) >= 11 is 0. The highest BCUT2D eigenvalue weighted by atomic mass is 127. The quantitative estimate of drug-likeness (QED) is 0.256. The molecule has 1 aromatic heterocycles. The summed E-state index contributed by atoms with van der Waals surface area (Å²) in [7, 11) is 4.21. The number of hydrogen-bond donors (Lipinski definition) is 1. The number of aliphatic imine (C=N–C) groups is 1. The molecule has 6 heteroatoms. The fourth-order valence-electron chi connectivity index (χ4n) is 3.44. The lowest BCUT2D eigenvalue weighted by atomic mass is 10.1. The summed E-state index contributed by atoms with van der Waals surface area (Å²) in [6.07, 6.45) is 10.1. The molecule has 1 aliphatic rings. The van der Waals surface area contributed by atoms with Gasteiger partial charge in [-0.25, -0.2) is 0 Å². The Morgan fingerprint density at radius 3 is 2.62 bits per heavy atom. The number of aryl methyl sites for hydroxylation is 1. The van der Waals surface area contributed by atoms with Crippen LogP contribution in [-0.4, -0.2) is 60.1 Å². The van der Waals surface area contributed by atoms with E-state index in [-0.39, 0.29) is 24.0 Å². The van der Waals surface area contributed by atoms with Gasteiger partial charge >= 0.3 is 0 Å². The average Bonchev–Trinajstić information content (AvgIpc) is 3.02. The maximum Gasteiger partial charge on any atom is 0.194 e. The number of halogens is 1. The molecule has 1 fully saturated rings. The minimum Gasteiger partial charge on any atom is -0.357 e. The summed E-state index contributed by atoms with van der Waals surface area (Å²) in [6.45, 7) is 8.73. The first kappa shape index (κ1) is 23.3. The number of nitrogens with zero attached hydrogens (tertiary/aromatic N) is 4. The van der Waals surface area contributed by atoms with Crippen molar-refractivity contribution in [1.82, 2.24) is 19.7 Å². The molecule has 0 aliphatic carbocycles. The van der Waals surface area contributed by atoms with Crippen molar-refractivity contribution in [2.45, 2.75) is 52.0 Å². The molecule has 2 heterocycles. The Morgan fingerprint density at radius 2 is 1.96 bits per heavy atom. The number of likely N-dealkylation sites (tertiary alicyclic amines) is 1. The summed E-state index contributed by atoms with van der Waals surface area (Å²) in [4.78, 5) is 9.66. The standard InChI is InChI=1S/C20H37N5.HI/c1-4-21-20(24(3)18-19-12-11-14-23(19)2)22-13-7-5-8-15-25-16-9-6-10-17-25;/h11-12,14H,4-10,13,15-18H2,1-3H3,(H,21,22);1H. The van der Waals surface area contributed by atoms with Gasteiger partial charge in [-0.3, -0.25) is 4.99 Å². The molecule has 2 rings (SSSR count). The van der Waals surface area contributed by atoms with Gasteiger partial charge in [-0.05, 0) is 64.4 Å². The average molecular weight is 475 g/mol. The molecule has 150 valence electrons. The van der Waals surface area contributed by atoms with Gasteiger partial charge in [0, 0.05) is 39.1 Å². The normalized spacial score (nSPS) is 15.6. The van der Waals surface area contributed by atoms with E-state index in [1.54, 1.807) is 0 Å². The van der Waals surface area contributed by atoms with Crippen LogP contribution in [0.4, 0.5) is 0 Å². The van der Waals surface area contributed by atoms with Crippen LogP contribution in [0.2, 0.25) is 0 Å². The molecule has 0 saturated carbocycles. The third-order valence-corrected chi connectivity index (χ3v) is 4.99. The van der Waals surface area contributed by atoms with Gasteiger partial charge in [0.25, 0.3) is 0 Å². The number of piperidine rings is 1. The third kappa shape index (κ3) is 8.29. The van der Waals surface area contributed by atoms with Gasteiger partial charge in [-0.15, -0.1) is 24.0 Å². The molecule has 5 nitrogen and oxygen atoms in total. The fourth-order valence-corrected chi connectivity index (χ4v) is 3.44. The number of hydrogen-bond acceptors (Lipinski definition) is 2. The van der Waals surface area contributed by atoms with E-state index in [4.69, 9.17) is 4.99 Å². The molecule has 26 heavy (non-hydrogen) atoms. The zero-order valence-electron chi connectivity index (χ0n) is 16.9. The molecule has 0 aromatic carbocycles. The van der Waals surface area contributed by atoms with E-state index in [0.29, 0.717) is 0 Å². The molecule has 0 spiro atoms. The zero-order chi connectivity index (χ0) is 17.9. The number of unbranched alkanes of at least 4 members (excludes halogenated alkanes) is 2. The van der Waals surface area contributed by atoms with Crippen LogP contribution in [0.25, 0.3) is 0 Å². The molecule has 1 N–H and O–H groups in total. The Hall–Kier alpha value is -0.760. The van der Waals surface area contributed by atoms with Gasteiger partial charge in [-0.2, -0.15) is 0 Å². The smallest absolute Gasteiger partial charge is 0.194 e. The molecule has 1 aliphatic heterocycles. The SMILES string of the molecule is CCNC(=NCCCCCN1CCCCC1)N(C)Cc1cccn1C.I. The molecule has 0 bridgehead atoms. The van der Waals surface area contributed by atoms with Gasteiger partial charge in [0.2, 0.25) is 0 Å². The zero-order valence-corrected chi connectivity index (χ0v) is 19.2. The first-order valence-corrected chi connectivity index (χ1v) is 10.0. The Kier molecular flexibility index (Phi) is 12.0. The molecule has 0 radical (unpaired) electrons. The van der Waals surface area contributed by atoms with E-state index in [0.717, 1.165) is 25.6 Å². The summed E-state index contributed by atoms with van der Waals surface area (Å²) in [6, 6.07) is 4.26. The molecule has 0 unspecified atom stereocenters. The third-order valence-electron chi connectivity index (χ3n) is 4.99. The summed E-state index contributed by atoms with van der Waals surface area (Å²) in [5.41, 5.74) is 1.30. The van der Waals surface area contributed by atoms with E-state index >= 15 is 0 Å². The van der Waals surface area contributed by atoms with Crippen LogP contribution >= 0.6 is 24.0 Å². The molecular weight excluding hydrogens is 437 g/mol. The van der Waals surface area contributed by atoms with Crippen LogP contribution in [0.15, 0.2) is 23.3 Å². The molecular formula is C20H38IN5. The van der Waals surface area contributed by atoms with Crippen LogP contribution in [-0.2, 0) is 13.6 Å². The number of nitrogens with one attached hydrogen (secondary N) is 1. The minimum absolute atomic E-state index is 0. The van der Waals surface area contributed by atoms with Crippen LogP contribution in [0.5, 0.6) is 0 Å². The van der Waals surface area contributed by atoms with E-state index in [1.165, 1.54) is 63.9 Å². The Morgan fingerprint density at radius 1 is 1.19 bits per heavy atom. The number of aromatic nitrogens is 1. The maximum absolute atomic E-state index is 4.82. The largest absolute Gasteiger partial charge is 0.357 e. The lowest BCUT2D eigenvalue weighted by molar-refractivity contribution is 0.224. The van der Waals surface area contributed by atoms with Crippen LogP contribution in [0.1, 0.15) is 51.1 Å². The van der Waals surface area contributed by atoms with Crippen LogP contribution in [0, 0.1) is 0 Å². The summed E-state index contributed by atoms with van der Waals surface area (Å²) in [5.74, 6) is 1.01. The van der Waals surface area contributed by atoms with Gasteiger partial charge in [0.05, 0.1) is 6.54 Å². The molecule has 0 atom stereocenters. The topological polar surface area (TPSA) is 35.8 Å². The molecule has 1 aromatic rings. The Bertz CT molecular complexity index is 508. The van der Waals surface area contributed by atoms with Crippen molar-refractivity contribution in [2.24, 2.45) is 12.0 Å². The van der Waals surface area contributed by atoms with E-state index in [2.05, 4.69) is 59.0 Å². The van der Waals surface area contributed by atoms with Gasteiger partial charge in [-0.1, -0.05) is 12.8 Å². The number of rotatable bonds is 9. The highest BCUT2D eigenvalue weighted by Crippen LogP contribution is 2.10. The second-order valence-electron chi connectivity index (χ2n) is 7.17. The van der Waals surface area contributed by atoms with Crippen molar-refractivity contribution >= 4 is 29.9 Å². The lowest BCUT2D eigenvalue weighted by Crippen LogP contribution is -2.38. The lowest BCUT2D eigenvalue weighted by Gasteiger charge is -2.26. The first-order chi connectivity index (χ1) is 12.2. The van der Waals surface area contributed by atoms with Gasteiger partial charge in [0.15, 0.2) is 5.96 Å².